The van der Waals surface area contributed by atoms with Gasteiger partial charge in [0.2, 0.25) is 15.7 Å². The number of carboxylic acid groups (broad SMARTS) is 1. The number of hydrogen-bond acceptors (Lipinski definition) is 6. The van der Waals surface area contributed by atoms with Crippen molar-refractivity contribution in [3.63, 3.8) is 0 Å². The average Bonchev–Trinajstić information content (AvgIpc) is 3.20. The number of sulfone groups is 1. The number of aryl methyl sites for hydroxylation is 1. The Balaban J connectivity index is 1.40. The van der Waals surface area contributed by atoms with E-state index in [1.165, 1.54) is 30.3 Å². The second kappa shape index (κ2) is 9.93. The predicted molar refractivity (Wildman–Crippen MR) is 126 cm³/mol. The number of carboxylic acids is 1. The fourth-order valence-corrected chi connectivity index (χ4v) is 4.81. The monoisotopic (exact) mass is 477 g/mol. The van der Waals surface area contributed by atoms with Crippen LogP contribution in [0, 0.1) is 6.92 Å². The SMILES string of the molecule is Cc1oc(-c2ccccc2)nc1CCOc1ccc(S(=O)(=O)c2cccc(CC(=O)O)c2)cc1. The van der Waals surface area contributed by atoms with E-state index >= 15 is 0 Å². The number of carbonyl (C=O) groups is 1. The van der Waals surface area contributed by atoms with Gasteiger partial charge in [-0.25, -0.2) is 13.4 Å². The van der Waals surface area contributed by atoms with E-state index in [0.717, 1.165) is 17.0 Å². The maximum atomic E-state index is 12.9. The molecule has 0 aliphatic rings. The maximum Gasteiger partial charge on any atom is 0.307 e. The first-order valence-electron chi connectivity index (χ1n) is 10.6. The zero-order valence-electron chi connectivity index (χ0n) is 18.5. The van der Waals surface area contributed by atoms with Crippen LogP contribution >= 0.6 is 0 Å². The first kappa shape index (κ1) is 23.3. The quantitative estimate of drug-likeness (QED) is 0.371. The average molecular weight is 478 g/mol. The highest BCUT2D eigenvalue weighted by atomic mass is 32.2. The van der Waals surface area contributed by atoms with Gasteiger partial charge in [-0.15, -0.1) is 0 Å². The van der Waals surface area contributed by atoms with E-state index in [-0.39, 0.29) is 16.2 Å². The molecule has 34 heavy (non-hydrogen) atoms. The van der Waals surface area contributed by atoms with Crippen LogP contribution in [0.25, 0.3) is 11.5 Å². The minimum Gasteiger partial charge on any atom is -0.493 e. The summed E-state index contributed by atoms with van der Waals surface area (Å²) in [5.41, 5.74) is 2.13. The van der Waals surface area contributed by atoms with E-state index in [1.54, 1.807) is 18.2 Å². The highest BCUT2D eigenvalue weighted by Crippen LogP contribution is 2.25. The van der Waals surface area contributed by atoms with Gasteiger partial charge in [0.15, 0.2) is 0 Å². The molecule has 0 bridgehead atoms. The highest BCUT2D eigenvalue weighted by molar-refractivity contribution is 7.91. The van der Waals surface area contributed by atoms with Crippen molar-refractivity contribution < 1.29 is 27.5 Å². The fourth-order valence-electron chi connectivity index (χ4n) is 3.48. The van der Waals surface area contributed by atoms with Gasteiger partial charge in [-0.05, 0) is 61.0 Å². The summed E-state index contributed by atoms with van der Waals surface area (Å²) in [6, 6.07) is 21.8. The molecular formula is C26H23NO6S. The van der Waals surface area contributed by atoms with Crippen molar-refractivity contribution in [1.29, 1.82) is 0 Å². The molecule has 0 aliphatic carbocycles. The molecule has 1 N–H and O–H groups in total. The number of nitrogens with zero attached hydrogens (tertiary/aromatic N) is 1. The Morgan fingerprint density at radius 2 is 1.71 bits per heavy atom. The highest BCUT2D eigenvalue weighted by Gasteiger charge is 2.18. The fraction of sp³-hybridized carbons (Fsp3) is 0.154. The Labute approximate surface area is 197 Å². The third-order valence-corrected chi connectivity index (χ3v) is 6.99. The molecule has 7 nitrogen and oxygen atoms in total. The first-order valence-corrected chi connectivity index (χ1v) is 12.1. The van der Waals surface area contributed by atoms with Crippen molar-refractivity contribution >= 4 is 15.8 Å². The molecule has 0 amide bonds. The third-order valence-electron chi connectivity index (χ3n) is 5.22. The van der Waals surface area contributed by atoms with Crippen LogP contribution in [0.4, 0.5) is 0 Å². The molecule has 8 heteroatoms. The maximum absolute atomic E-state index is 12.9. The number of ether oxygens (including phenoxy) is 1. The standard InChI is InChI=1S/C26H23NO6S/c1-18-24(27-26(33-18)20-7-3-2-4-8-20)14-15-32-21-10-12-22(13-11-21)34(30,31)23-9-5-6-19(16-23)17-25(28)29/h2-13,16H,14-15,17H2,1H3,(H,28,29). The zero-order chi connectivity index (χ0) is 24.1. The Bertz CT molecular complexity index is 1390. The molecule has 0 radical (unpaired) electrons. The van der Waals surface area contributed by atoms with Crippen molar-refractivity contribution in [2.24, 2.45) is 0 Å². The van der Waals surface area contributed by atoms with Crippen molar-refractivity contribution in [3.8, 4) is 17.2 Å². The normalized spacial score (nSPS) is 11.3. The second-order valence-corrected chi connectivity index (χ2v) is 9.63. The molecular weight excluding hydrogens is 454 g/mol. The molecule has 174 valence electrons. The number of oxazole rings is 1. The van der Waals surface area contributed by atoms with Crippen LogP contribution < -0.4 is 4.74 Å². The molecule has 0 saturated heterocycles. The molecule has 1 aromatic heterocycles. The van der Waals surface area contributed by atoms with Gasteiger partial charge in [-0.2, -0.15) is 0 Å². The van der Waals surface area contributed by atoms with E-state index in [1.807, 2.05) is 37.3 Å². The topological polar surface area (TPSA) is 107 Å². The largest absolute Gasteiger partial charge is 0.493 e. The summed E-state index contributed by atoms with van der Waals surface area (Å²) in [4.78, 5) is 15.6. The molecule has 0 spiro atoms. The van der Waals surface area contributed by atoms with Crippen LogP contribution in [-0.2, 0) is 27.5 Å². The molecule has 3 aromatic carbocycles. The number of benzene rings is 3. The Morgan fingerprint density at radius 3 is 2.41 bits per heavy atom. The summed E-state index contributed by atoms with van der Waals surface area (Å²) in [6.07, 6.45) is 0.298. The lowest BCUT2D eigenvalue weighted by atomic mass is 10.2. The number of aliphatic carboxylic acids is 1. The number of hydrogen-bond donors (Lipinski definition) is 1. The summed E-state index contributed by atoms with van der Waals surface area (Å²) in [5.74, 6) is 0.806. The van der Waals surface area contributed by atoms with Crippen molar-refractivity contribution in [1.82, 2.24) is 4.98 Å². The van der Waals surface area contributed by atoms with Crippen LogP contribution in [0.5, 0.6) is 5.75 Å². The summed E-state index contributed by atoms with van der Waals surface area (Å²) in [5, 5.41) is 8.95. The van der Waals surface area contributed by atoms with Crippen LogP contribution in [0.1, 0.15) is 17.0 Å². The first-order chi connectivity index (χ1) is 16.3. The second-order valence-electron chi connectivity index (χ2n) is 7.68. The van der Waals surface area contributed by atoms with Crippen molar-refractivity contribution in [2.75, 3.05) is 6.61 Å². The van der Waals surface area contributed by atoms with Gasteiger partial charge in [-0.1, -0.05) is 30.3 Å². The molecule has 0 aliphatic heterocycles. The molecule has 4 rings (SSSR count). The molecule has 0 fully saturated rings. The lowest BCUT2D eigenvalue weighted by Crippen LogP contribution is -2.06. The van der Waals surface area contributed by atoms with Gasteiger partial charge in [0.25, 0.3) is 0 Å². The number of rotatable bonds is 9. The molecule has 0 atom stereocenters. The predicted octanol–water partition coefficient (Wildman–Crippen LogP) is 4.73. The van der Waals surface area contributed by atoms with Gasteiger partial charge in [-0.3, -0.25) is 4.79 Å². The van der Waals surface area contributed by atoms with E-state index in [9.17, 15) is 13.2 Å². The van der Waals surface area contributed by atoms with Gasteiger partial charge >= 0.3 is 5.97 Å². The van der Waals surface area contributed by atoms with Crippen LogP contribution in [0.2, 0.25) is 0 Å². The van der Waals surface area contributed by atoms with E-state index in [0.29, 0.717) is 30.2 Å². The summed E-state index contributed by atoms with van der Waals surface area (Å²) >= 11 is 0. The van der Waals surface area contributed by atoms with Crippen LogP contribution in [0.15, 0.2) is 93.1 Å². The van der Waals surface area contributed by atoms with Gasteiger partial charge in [0.05, 0.1) is 28.5 Å². The summed E-state index contributed by atoms with van der Waals surface area (Å²) in [7, 11) is -3.78. The van der Waals surface area contributed by atoms with E-state index in [2.05, 4.69) is 4.98 Å². The van der Waals surface area contributed by atoms with Gasteiger partial charge < -0.3 is 14.3 Å². The minimum absolute atomic E-state index is 0.0515. The molecule has 4 aromatic rings. The zero-order valence-corrected chi connectivity index (χ0v) is 19.3. The number of aromatic nitrogens is 1. The lowest BCUT2D eigenvalue weighted by molar-refractivity contribution is -0.136. The molecule has 0 unspecified atom stereocenters. The molecule has 1 heterocycles. The van der Waals surface area contributed by atoms with E-state index < -0.39 is 15.8 Å². The Hall–Kier alpha value is -3.91. The summed E-state index contributed by atoms with van der Waals surface area (Å²) < 4.78 is 37.4. The van der Waals surface area contributed by atoms with Gasteiger partial charge in [0, 0.05) is 12.0 Å². The lowest BCUT2D eigenvalue weighted by Gasteiger charge is -2.09. The van der Waals surface area contributed by atoms with Gasteiger partial charge in [0.1, 0.15) is 11.5 Å². The van der Waals surface area contributed by atoms with Crippen LogP contribution in [-0.4, -0.2) is 31.1 Å². The van der Waals surface area contributed by atoms with Crippen molar-refractivity contribution in [2.45, 2.75) is 29.6 Å². The van der Waals surface area contributed by atoms with Crippen molar-refractivity contribution in [3.05, 3.63) is 95.9 Å². The van der Waals surface area contributed by atoms with E-state index in [4.69, 9.17) is 14.3 Å². The summed E-state index contributed by atoms with van der Waals surface area (Å²) in [6.45, 7) is 2.21. The molecule has 0 saturated carbocycles. The minimum atomic E-state index is -3.78. The Morgan fingerprint density at radius 1 is 0.971 bits per heavy atom. The smallest absolute Gasteiger partial charge is 0.307 e. The third kappa shape index (κ3) is 5.35. The Kier molecular flexibility index (Phi) is 6.79. The van der Waals surface area contributed by atoms with Crippen LogP contribution in [0.3, 0.4) is 0 Å².